The molecule has 4 amide bonds. The summed E-state index contributed by atoms with van der Waals surface area (Å²) in [6.45, 7) is 20.0. The van der Waals surface area contributed by atoms with E-state index in [0.717, 1.165) is 228 Å². The average Bonchev–Trinajstić information content (AvgIpc) is 1.61. The van der Waals surface area contributed by atoms with E-state index in [0.29, 0.717) is 51.2 Å². The third-order valence-corrected chi connectivity index (χ3v) is 27.4. The Morgan fingerprint density at radius 2 is 0.564 bits per heavy atom. The van der Waals surface area contributed by atoms with Crippen LogP contribution in [0.5, 0.6) is 0 Å². The largest absolute Gasteiger partial charge is 0.397 e. The van der Waals surface area contributed by atoms with Crippen LogP contribution in [0, 0.1) is 6.92 Å². The maximum absolute atomic E-state index is 13.2. The Labute approximate surface area is 812 Å². The van der Waals surface area contributed by atoms with Gasteiger partial charge < -0.3 is 46.6 Å². The van der Waals surface area contributed by atoms with E-state index in [1.54, 1.807) is 37.2 Å². The molecule has 12 aromatic heterocycles. The Bertz CT molecular complexity index is 7020. The van der Waals surface area contributed by atoms with Crippen molar-refractivity contribution in [1.29, 1.82) is 0 Å². The lowest BCUT2D eigenvalue weighted by Gasteiger charge is -2.31. The third-order valence-electron chi connectivity index (χ3n) is 27.4. The summed E-state index contributed by atoms with van der Waals surface area (Å²) in [6, 6.07) is 45.9. The highest BCUT2D eigenvalue weighted by atomic mass is 16.2. The summed E-state index contributed by atoms with van der Waals surface area (Å²) in [5, 5.41) is 44.0. The van der Waals surface area contributed by atoms with Crippen LogP contribution < -0.4 is 46.6 Å². The summed E-state index contributed by atoms with van der Waals surface area (Å²) >= 11 is 0. The highest BCUT2D eigenvalue weighted by Gasteiger charge is 2.27. The van der Waals surface area contributed by atoms with E-state index >= 15 is 0 Å². The maximum atomic E-state index is 13.2. The summed E-state index contributed by atoms with van der Waals surface area (Å²) in [5.41, 5.74) is 26.4. The van der Waals surface area contributed by atoms with Crippen molar-refractivity contribution in [2.45, 2.75) is 142 Å². The summed E-state index contributed by atoms with van der Waals surface area (Å²) in [4.78, 5) is 105. The second kappa shape index (κ2) is 43.6. The summed E-state index contributed by atoms with van der Waals surface area (Å²) in [7, 11) is 0. The normalized spacial score (nSPS) is 15.9. The molecule has 0 unspecified atom stereocenters. The predicted octanol–water partition coefficient (Wildman–Crippen LogP) is 18.7. The number of nitrogen functional groups attached to an aromatic ring is 1. The molecule has 19 heterocycles. The Morgan fingerprint density at radius 1 is 0.279 bits per heavy atom. The van der Waals surface area contributed by atoms with Gasteiger partial charge in [-0.25, -0.2) is 19.9 Å². The van der Waals surface area contributed by atoms with Crippen LogP contribution in [0.4, 0.5) is 51.7 Å². The highest BCUT2D eigenvalue weighted by molar-refractivity contribution is 6.15. The van der Waals surface area contributed by atoms with Crippen LogP contribution >= 0.6 is 0 Å². The maximum Gasteiger partial charge on any atom is 0.276 e. The van der Waals surface area contributed by atoms with Crippen LogP contribution in [0.2, 0.25) is 0 Å². The average molecular weight is 1870 g/mol. The lowest BCUT2D eigenvalue weighted by Crippen LogP contribution is -2.37. The van der Waals surface area contributed by atoms with Gasteiger partial charge in [0.05, 0.1) is 75.3 Å². The van der Waals surface area contributed by atoms with Gasteiger partial charge in [0.1, 0.15) is 23.3 Å². The number of pyridine rings is 8. The molecular weight excluding hydrogens is 1750 g/mol. The van der Waals surface area contributed by atoms with E-state index < -0.39 is 0 Å². The fourth-order valence-corrected chi connectivity index (χ4v) is 19.8. The topological polar surface area (TPSA) is 383 Å². The minimum absolute atomic E-state index is 0.254. The molecule has 0 saturated carbocycles. The Kier molecular flexibility index (Phi) is 28.8. The zero-order valence-electron chi connectivity index (χ0n) is 79.2. The molecular formula is C108H118N28O4. The first-order valence-electron chi connectivity index (χ1n) is 49.5. The van der Waals surface area contributed by atoms with Gasteiger partial charge in [-0.2, -0.15) is 20.4 Å². The number of fused-ring (bicyclic) bond motifs is 4. The first-order chi connectivity index (χ1) is 68.8. The minimum atomic E-state index is -0.290. The Morgan fingerprint density at radius 3 is 0.864 bits per heavy atom. The van der Waals surface area contributed by atoms with Gasteiger partial charge in [-0.3, -0.25) is 74.2 Å². The van der Waals surface area contributed by atoms with Crippen molar-refractivity contribution in [2.75, 3.05) is 138 Å². The molecule has 0 atom stereocenters. The number of anilines is 9. The summed E-state index contributed by atoms with van der Waals surface area (Å²) in [5.74, 6) is 2.79. The van der Waals surface area contributed by atoms with E-state index in [-0.39, 0.29) is 23.6 Å². The number of aryl methyl sites for hydroxylation is 1. The van der Waals surface area contributed by atoms with Gasteiger partial charge in [0.2, 0.25) is 0 Å². The molecule has 0 aliphatic carbocycles. The molecule has 0 spiro atoms. The van der Waals surface area contributed by atoms with Gasteiger partial charge in [-0.15, -0.1) is 0 Å². The molecule has 32 nitrogen and oxygen atoms in total. The number of benzene rings is 4. The van der Waals surface area contributed by atoms with Gasteiger partial charge in [-0.1, -0.05) is 43.5 Å². The van der Waals surface area contributed by atoms with E-state index in [2.05, 4.69) is 154 Å². The molecule has 7 fully saturated rings. The molecule has 23 rings (SSSR count). The SMILES string of the molecule is Cc1cc(NC(=O)c2n[nH]c3ccc(-c4cncc(CN5CCCCC5)c4)cc23)cnc1N1CCCC1.Nc1cncc(-c2ccc3[nH]nc(C(=O)Nc4ccc(N5CCCCC5)nc4)c3c2)c1.O=C(Nc1ccc(N2CCC2)nc1)c1n[nH]c2ccc(-c3cncc(CN4CCCCC4)c3)cc12.O=C(Nc1ccc(N2CCCCC2)nc1)c1n[nH]c2ccc(-c3cncc(CN4CCCCC4)c3)cc12. The number of piperidine rings is 5. The van der Waals surface area contributed by atoms with Crippen molar-refractivity contribution in [1.82, 2.24) is 95.4 Å². The van der Waals surface area contributed by atoms with Crippen molar-refractivity contribution in [3.63, 3.8) is 0 Å². The van der Waals surface area contributed by atoms with E-state index in [1.165, 1.54) is 132 Å². The summed E-state index contributed by atoms with van der Waals surface area (Å²) < 4.78 is 0. The van der Waals surface area contributed by atoms with Crippen molar-refractivity contribution in [3.05, 3.63) is 259 Å². The van der Waals surface area contributed by atoms with Gasteiger partial charge in [0.25, 0.3) is 23.6 Å². The standard InChI is InChI=1S/2C29H33N7O.C27H29N7O.C23H23N7O/c1-20-13-24(18-31-28(20)36-11-5-6-12-36)32-29(37)27-25-15-22(7-8-26(25)33-34-27)23-14-21(16-30-17-23)19-35-9-3-2-4-10-35;37-29(32-24-8-10-27(31-19-24)36-13-5-2-6-14-36)28-25-16-22(7-9-26(25)33-34-28)23-15-21(17-30-18-23)20-35-11-3-1-4-12-35;35-27(30-22-6-8-25(29-17-22)34-11-4-12-34)26-23-14-20(5-7-24(23)31-32-26)21-13-19(15-28-16-21)18-33-9-2-1-3-10-33;24-17-10-16(12-25-13-17)15-4-6-20-19(11-15)22(29-28-20)23(31)27-18-5-7-21(26-14-18)30-8-2-1-3-9-30/h7-8,13-18H,2-6,9-12,19H2,1H3,(H,32,37)(H,33,34);7-10,15-19H,1-6,11-14,20H2,(H,32,37)(H,33,34);5-8,13-17H,1-4,9-12,18H2,(H,30,35)(H,31,32);4-7,10-14H,1-3,8-9,24H2,(H,27,31)(H,28,29). The number of H-pyrrole nitrogens is 4. The number of likely N-dealkylation sites (tertiary alicyclic amines) is 3. The molecule has 32 heteroatoms. The number of hydrogen-bond acceptors (Lipinski definition) is 24. The molecule has 0 bridgehead atoms. The molecule has 16 aromatic rings. The van der Waals surface area contributed by atoms with Gasteiger partial charge in [0, 0.05) is 165 Å². The van der Waals surface area contributed by atoms with E-state index in [1.807, 2.05) is 165 Å². The molecule has 7 aliphatic heterocycles. The number of aromatic nitrogens is 16. The number of nitrogens with zero attached hydrogens (tertiary/aromatic N) is 19. The first-order valence-corrected chi connectivity index (χ1v) is 49.5. The van der Waals surface area contributed by atoms with Gasteiger partial charge in [0.15, 0.2) is 22.8 Å². The van der Waals surface area contributed by atoms with Crippen LogP contribution in [0.1, 0.15) is 180 Å². The molecule has 714 valence electrons. The molecule has 0 radical (unpaired) electrons. The lowest BCUT2D eigenvalue weighted by atomic mass is 10.0. The molecule has 140 heavy (non-hydrogen) atoms. The number of nitrogens with one attached hydrogen (secondary N) is 8. The zero-order chi connectivity index (χ0) is 95.0. The van der Waals surface area contributed by atoms with Crippen molar-refractivity contribution in [3.8, 4) is 44.5 Å². The molecule has 7 saturated heterocycles. The predicted molar refractivity (Wildman–Crippen MR) is 553 cm³/mol. The quantitative estimate of drug-likeness (QED) is 0.0304. The second-order valence-electron chi connectivity index (χ2n) is 37.6. The van der Waals surface area contributed by atoms with E-state index in [4.69, 9.17) is 5.73 Å². The van der Waals surface area contributed by atoms with Gasteiger partial charge >= 0.3 is 0 Å². The van der Waals surface area contributed by atoms with Crippen LogP contribution in [-0.2, 0) is 19.6 Å². The van der Waals surface area contributed by atoms with Crippen LogP contribution in [0.3, 0.4) is 0 Å². The molecule has 10 N–H and O–H groups in total. The number of rotatable bonds is 22. The molecule has 7 aliphatic rings. The van der Waals surface area contributed by atoms with E-state index in [9.17, 15) is 19.2 Å². The van der Waals surface area contributed by atoms with Crippen molar-refractivity contribution >= 4 is 119 Å². The number of carbonyl (C=O) groups excluding carboxylic acids is 4. The van der Waals surface area contributed by atoms with Crippen molar-refractivity contribution < 1.29 is 19.2 Å². The Hall–Kier alpha value is -15.3. The highest BCUT2D eigenvalue weighted by Crippen LogP contribution is 2.36. The van der Waals surface area contributed by atoms with Crippen LogP contribution in [0.25, 0.3) is 88.1 Å². The lowest BCUT2D eigenvalue weighted by molar-refractivity contribution is 0.101. The first kappa shape index (κ1) is 92.4. The summed E-state index contributed by atoms with van der Waals surface area (Å²) in [6.07, 6.45) is 44.3. The van der Waals surface area contributed by atoms with Gasteiger partial charge in [-0.05, 0) is 302 Å². The Balaban J connectivity index is 0.000000115. The number of carbonyl (C=O) groups is 4. The smallest absolute Gasteiger partial charge is 0.276 e. The second-order valence-corrected chi connectivity index (χ2v) is 37.6. The third kappa shape index (κ3) is 22.4. The number of aromatic amines is 4. The van der Waals surface area contributed by atoms with Crippen molar-refractivity contribution in [2.24, 2.45) is 0 Å². The fourth-order valence-electron chi connectivity index (χ4n) is 19.8. The van der Waals surface area contributed by atoms with Crippen LogP contribution in [0.15, 0.2) is 214 Å². The molecule has 4 aromatic carbocycles. The monoisotopic (exact) mass is 1870 g/mol. The minimum Gasteiger partial charge on any atom is -0.397 e. The van der Waals surface area contributed by atoms with Crippen LogP contribution in [-0.4, -0.2) is 211 Å². The number of nitrogens with two attached hydrogens (primary N) is 1. The zero-order valence-corrected chi connectivity index (χ0v) is 79.2. The number of amides is 4. The number of hydrogen-bond donors (Lipinski definition) is 9. The fraction of sp³-hybridized carbons (Fsp3) is 0.333.